The predicted octanol–water partition coefficient (Wildman–Crippen LogP) is 0.863. The highest BCUT2D eigenvalue weighted by atomic mass is 32.1. The summed E-state index contributed by atoms with van der Waals surface area (Å²) in [5.41, 5.74) is 2.45. The van der Waals surface area contributed by atoms with Gasteiger partial charge in [0.2, 0.25) is 0 Å². The third-order valence-corrected chi connectivity index (χ3v) is 2.71. The van der Waals surface area contributed by atoms with Crippen LogP contribution in [0, 0.1) is 6.92 Å². The minimum absolute atomic E-state index is 1.14. The van der Waals surface area contributed by atoms with Crippen LogP contribution in [0.15, 0.2) is 18.2 Å². The molecule has 0 aliphatic rings. The highest BCUT2D eigenvalue weighted by Crippen LogP contribution is 2.19. The fraction of sp³-hybridized carbons (Fsp3) is 0.125. The Morgan fingerprint density at radius 3 is 3.09 bits per heavy atom. The van der Waals surface area contributed by atoms with Crippen LogP contribution in [-0.2, 0) is 0 Å². The Balaban J connectivity index is 2.86. The molecule has 0 aliphatic heterocycles. The quantitative estimate of drug-likeness (QED) is 0.522. The van der Waals surface area contributed by atoms with E-state index in [9.17, 15) is 0 Å². The summed E-state index contributed by atoms with van der Waals surface area (Å²) in [5, 5.41) is 1.29. The average molecular weight is 161 g/mol. The van der Waals surface area contributed by atoms with Gasteiger partial charge in [0.25, 0.3) is 0 Å². The summed E-state index contributed by atoms with van der Waals surface area (Å²) in [6, 6.07) is 6.45. The van der Waals surface area contributed by atoms with Crippen molar-refractivity contribution in [2.24, 2.45) is 0 Å². The number of hydrogen-bond donors (Lipinski definition) is 0. The third-order valence-electron chi connectivity index (χ3n) is 1.81. The number of aryl methyl sites for hydroxylation is 1. The first kappa shape index (κ1) is 6.86. The van der Waals surface area contributed by atoms with Crippen molar-refractivity contribution < 1.29 is 0 Å². The zero-order valence-electron chi connectivity index (χ0n) is 6.59. The zero-order chi connectivity index (χ0) is 7.84. The molecule has 1 heterocycles. The molecule has 1 nitrogen and oxygen atoms in total. The van der Waals surface area contributed by atoms with E-state index in [1.807, 2.05) is 6.92 Å². The van der Waals surface area contributed by atoms with Gasteiger partial charge in [-0.05, 0) is 24.5 Å². The van der Waals surface area contributed by atoms with Crippen molar-refractivity contribution >= 4 is 34.9 Å². The lowest BCUT2D eigenvalue weighted by molar-refractivity contribution is 1.37. The molecule has 0 amide bonds. The molecular formula is C8H8BNS. The van der Waals surface area contributed by atoms with Crippen molar-refractivity contribution in [2.45, 2.75) is 6.92 Å². The fourth-order valence-electron chi connectivity index (χ4n) is 1.17. The van der Waals surface area contributed by atoms with Crippen molar-refractivity contribution in [1.82, 2.24) is 4.37 Å². The van der Waals surface area contributed by atoms with E-state index in [2.05, 4.69) is 30.4 Å². The number of aromatic nitrogens is 1. The second kappa shape index (κ2) is 2.34. The lowest BCUT2D eigenvalue weighted by Gasteiger charge is -1.90. The Hall–Kier alpha value is -0.825. The lowest BCUT2D eigenvalue weighted by atomic mass is 9.96. The van der Waals surface area contributed by atoms with Crippen molar-refractivity contribution in [3.05, 3.63) is 23.9 Å². The first-order valence-corrected chi connectivity index (χ1v) is 4.37. The fourth-order valence-corrected chi connectivity index (χ4v) is 2.06. The summed E-state index contributed by atoms with van der Waals surface area (Å²) in [5.74, 6) is 0. The number of nitrogens with zero attached hydrogens (tertiary/aromatic N) is 1. The van der Waals surface area contributed by atoms with Gasteiger partial charge in [-0.3, -0.25) is 0 Å². The molecule has 1 aromatic heterocycles. The molecule has 54 valence electrons. The molecule has 0 bridgehead atoms. The van der Waals surface area contributed by atoms with Crippen LogP contribution in [0.25, 0.3) is 10.1 Å². The van der Waals surface area contributed by atoms with Crippen LogP contribution >= 0.6 is 11.5 Å². The van der Waals surface area contributed by atoms with Crippen molar-refractivity contribution in [1.29, 1.82) is 0 Å². The Morgan fingerprint density at radius 1 is 1.45 bits per heavy atom. The summed E-state index contributed by atoms with van der Waals surface area (Å²) in [7, 11) is 2.11. The van der Waals surface area contributed by atoms with E-state index in [4.69, 9.17) is 0 Å². The molecule has 0 atom stereocenters. The van der Waals surface area contributed by atoms with Gasteiger partial charge in [-0.2, -0.15) is 4.37 Å². The number of rotatable bonds is 0. The first-order chi connectivity index (χ1) is 5.27. The molecular weight excluding hydrogens is 153 g/mol. The molecule has 2 aromatic rings. The van der Waals surface area contributed by atoms with E-state index in [0.29, 0.717) is 0 Å². The molecule has 2 rings (SSSR count). The molecule has 1 aromatic carbocycles. The topological polar surface area (TPSA) is 12.9 Å². The monoisotopic (exact) mass is 161 g/mol. The molecule has 0 saturated heterocycles. The van der Waals surface area contributed by atoms with Gasteiger partial charge in [-0.1, -0.05) is 17.6 Å². The average Bonchev–Trinajstić information content (AvgIpc) is 2.32. The van der Waals surface area contributed by atoms with Gasteiger partial charge >= 0.3 is 0 Å². The predicted molar refractivity (Wildman–Crippen MR) is 52.5 cm³/mol. The maximum Gasteiger partial charge on any atom is 0.139 e. The van der Waals surface area contributed by atoms with Crippen LogP contribution in [0.4, 0.5) is 0 Å². The minimum atomic E-state index is 1.14. The van der Waals surface area contributed by atoms with Gasteiger partial charge in [0, 0.05) is 5.39 Å². The Bertz CT molecular complexity index is 394. The summed E-state index contributed by atoms with van der Waals surface area (Å²) in [6.45, 7) is 2.05. The zero-order valence-corrected chi connectivity index (χ0v) is 7.40. The van der Waals surface area contributed by atoms with E-state index in [1.54, 1.807) is 11.5 Å². The maximum atomic E-state index is 4.28. The molecule has 0 N–H and O–H groups in total. The van der Waals surface area contributed by atoms with Crippen molar-refractivity contribution in [3.8, 4) is 0 Å². The van der Waals surface area contributed by atoms with Crippen LogP contribution in [0.1, 0.15) is 5.69 Å². The lowest BCUT2D eigenvalue weighted by Crippen LogP contribution is -1.98. The van der Waals surface area contributed by atoms with E-state index in [1.165, 1.54) is 15.5 Å². The van der Waals surface area contributed by atoms with Crippen LogP contribution in [0.5, 0.6) is 0 Å². The van der Waals surface area contributed by atoms with E-state index in [-0.39, 0.29) is 0 Å². The van der Waals surface area contributed by atoms with Gasteiger partial charge in [0.15, 0.2) is 0 Å². The van der Waals surface area contributed by atoms with E-state index >= 15 is 0 Å². The van der Waals surface area contributed by atoms with Gasteiger partial charge in [0.1, 0.15) is 7.85 Å². The highest BCUT2D eigenvalue weighted by Gasteiger charge is 1.99. The van der Waals surface area contributed by atoms with Crippen molar-refractivity contribution in [3.63, 3.8) is 0 Å². The Kier molecular flexibility index (Phi) is 1.46. The SMILES string of the molecule is Bc1ccc2c(C)nsc2c1. The molecule has 0 aliphatic carbocycles. The second-order valence-corrected chi connectivity index (χ2v) is 3.57. The number of benzene rings is 1. The van der Waals surface area contributed by atoms with E-state index < -0.39 is 0 Å². The normalized spacial score (nSPS) is 10.6. The van der Waals surface area contributed by atoms with Crippen molar-refractivity contribution in [2.75, 3.05) is 0 Å². The third kappa shape index (κ3) is 1.05. The van der Waals surface area contributed by atoms with Gasteiger partial charge < -0.3 is 0 Å². The second-order valence-electron chi connectivity index (χ2n) is 2.77. The summed E-state index contributed by atoms with van der Waals surface area (Å²) in [6.07, 6.45) is 0. The Morgan fingerprint density at radius 2 is 2.27 bits per heavy atom. The number of fused-ring (bicyclic) bond motifs is 1. The van der Waals surface area contributed by atoms with E-state index in [0.717, 1.165) is 5.69 Å². The summed E-state index contributed by atoms with van der Waals surface area (Å²) >= 11 is 1.58. The molecule has 3 heteroatoms. The largest absolute Gasteiger partial charge is 0.197 e. The highest BCUT2D eigenvalue weighted by molar-refractivity contribution is 7.13. The molecule has 0 fully saturated rings. The Labute approximate surface area is 70.6 Å². The molecule has 0 spiro atoms. The maximum absolute atomic E-state index is 4.28. The first-order valence-electron chi connectivity index (χ1n) is 3.60. The summed E-state index contributed by atoms with van der Waals surface area (Å²) < 4.78 is 5.57. The minimum Gasteiger partial charge on any atom is -0.197 e. The molecule has 11 heavy (non-hydrogen) atoms. The van der Waals surface area contributed by atoms with Crippen LogP contribution < -0.4 is 5.46 Å². The molecule has 0 unspecified atom stereocenters. The summed E-state index contributed by atoms with van der Waals surface area (Å²) in [4.78, 5) is 0. The van der Waals surface area contributed by atoms with Gasteiger partial charge in [0.05, 0.1) is 10.4 Å². The smallest absolute Gasteiger partial charge is 0.139 e. The van der Waals surface area contributed by atoms with Gasteiger partial charge in [-0.15, -0.1) is 0 Å². The molecule has 0 radical (unpaired) electrons. The standard InChI is InChI=1S/C8H8BNS/c1-5-7-3-2-6(9)4-8(7)11-10-5/h2-4H,9H2,1H3. The van der Waals surface area contributed by atoms with Crippen LogP contribution in [0.3, 0.4) is 0 Å². The van der Waals surface area contributed by atoms with Crippen LogP contribution in [0.2, 0.25) is 0 Å². The van der Waals surface area contributed by atoms with Gasteiger partial charge in [-0.25, -0.2) is 0 Å². The number of hydrogen-bond acceptors (Lipinski definition) is 2. The molecule has 0 saturated carbocycles. The van der Waals surface area contributed by atoms with Crippen LogP contribution in [-0.4, -0.2) is 12.2 Å².